The number of nitrogens with two attached hydrogens (primary N) is 1. The second-order valence-corrected chi connectivity index (χ2v) is 5.41. The lowest BCUT2D eigenvalue weighted by Crippen LogP contribution is -2.10. The van der Waals surface area contributed by atoms with E-state index >= 15 is 0 Å². The van der Waals surface area contributed by atoms with Gasteiger partial charge in [0.25, 0.3) is 0 Å². The Hall–Kier alpha value is -0.780. The van der Waals surface area contributed by atoms with Gasteiger partial charge in [-0.3, -0.25) is 0 Å². The highest BCUT2D eigenvalue weighted by molar-refractivity contribution is 7.90. The molecule has 4 nitrogen and oxygen atoms in total. The van der Waals surface area contributed by atoms with E-state index < -0.39 is 9.84 Å². The number of benzene rings is 1. The third-order valence-electron chi connectivity index (χ3n) is 2.23. The summed E-state index contributed by atoms with van der Waals surface area (Å²) >= 11 is 0. The van der Waals surface area contributed by atoms with Gasteiger partial charge in [-0.1, -0.05) is 6.07 Å². The number of sulfone groups is 1. The normalized spacial score (nSPS) is 18.9. The Kier molecular flexibility index (Phi) is 3.28. The minimum Gasteiger partial charge on any atom is -0.491 e. The molecule has 0 bridgehead atoms. The minimum atomic E-state index is -3.16. The standard InChI is InChI=1S/C9H11NO3S.ClH/c1-14(11,12)6-2-3-7-8(10)5-13-9(7)4-6;/h2-4,8H,5,10H2,1H3;1H. The smallest absolute Gasteiger partial charge is 0.175 e. The van der Waals surface area contributed by atoms with Gasteiger partial charge in [0.15, 0.2) is 9.84 Å². The van der Waals surface area contributed by atoms with Crippen molar-refractivity contribution < 1.29 is 13.2 Å². The van der Waals surface area contributed by atoms with Crippen LogP contribution in [-0.2, 0) is 9.84 Å². The van der Waals surface area contributed by atoms with Crippen LogP contribution in [0.2, 0.25) is 0 Å². The van der Waals surface area contributed by atoms with Crippen molar-refractivity contribution in [3.63, 3.8) is 0 Å². The zero-order chi connectivity index (χ0) is 10.3. The molecule has 1 aliphatic rings. The van der Waals surface area contributed by atoms with Crippen molar-refractivity contribution in [2.24, 2.45) is 5.73 Å². The summed E-state index contributed by atoms with van der Waals surface area (Å²) in [5.74, 6) is 0.584. The molecule has 0 aromatic heterocycles. The van der Waals surface area contributed by atoms with Crippen LogP contribution in [0.15, 0.2) is 23.1 Å². The molecule has 1 aliphatic heterocycles. The number of hydrogen-bond acceptors (Lipinski definition) is 4. The molecule has 0 fully saturated rings. The maximum absolute atomic E-state index is 11.2. The predicted octanol–water partition coefficient (Wildman–Crippen LogP) is 0.904. The molecule has 0 saturated heterocycles. The van der Waals surface area contributed by atoms with Crippen LogP contribution < -0.4 is 10.5 Å². The lowest BCUT2D eigenvalue weighted by molar-refractivity contribution is 0.332. The molecule has 0 aliphatic carbocycles. The summed E-state index contributed by atoms with van der Waals surface area (Å²) in [6.07, 6.45) is 1.17. The van der Waals surface area contributed by atoms with Gasteiger partial charge in [-0.15, -0.1) is 12.4 Å². The van der Waals surface area contributed by atoms with E-state index in [1.165, 1.54) is 12.3 Å². The highest BCUT2D eigenvalue weighted by Crippen LogP contribution is 2.32. The van der Waals surface area contributed by atoms with Gasteiger partial charge in [0, 0.05) is 11.8 Å². The first-order valence-electron chi connectivity index (χ1n) is 4.21. The molecule has 2 N–H and O–H groups in total. The molecule has 1 heterocycles. The van der Waals surface area contributed by atoms with Gasteiger partial charge in [-0.05, 0) is 12.1 Å². The Balaban J connectivity index is 0.00000112. The van der Waals surface area contributed by atoms with Crippen molar-refractivity contribution in [3.8, 4) is 5.75 Å². The van der Waals surface area contributed by atoms with Crippen LogP contribution in [0.3, 0.4) is 0 Å². The summed E-state index contributed by atoms with van der Waals surface area (Å²) in [6, 6.07) is 4.66. The van der Waals surface area contributed by atoms with E-state index in [1.54, 1.807) is 12.1 Å². The molecule has 0 spiro atoms. The zero-order valence-electron chi connectivity index (χ0n) is 8.14. The Labute approximate surface area is 94.8 Å². The SMILES string of the molecule is CS(=O)(=O)c1ccc2c(c1)OCC2N.Cl. The minimum absolute atomic E-state index is 0. The molecule has 15 heavy (non-hydrogen) atoms. The van der Waals surface area contributed by atoms with E-state index in [9.17, 15) is 8.42 Å². The lowest BCUT2D eigenvalue weighted by atomic mass is 10.1. The Morgan fingerprint density at radius 3 is 2.73 bits per heavy atom. The van der Waals surface area contributed by atoms with Crippen molar-refractivity contribution in [2.75, 3.05) is 12.9 Å². The molecule has 1 unspecified atom stereocenters. The van der Waals surface area contributed by atoms with Crippen LogP contribution in [0.1, 0.15) is 11.6 Å². The Morgan fingerprint density at radius 1 is 1.47 bits per heavy atom. The summed E-state index contributed by atoms with van der Waals surface area (Å²) in [6.45, 7) is 0.419. The molecule has 0 saturated carbocycles. The van der Waals surface area contributed by atoms with Crippen LogP contribution >= 0.6 is 12.4 Å². The lowest BCUT2D eigenvalue weighted by Gasteiger charge is -2.02. The Bertz CT molecular complexity index is 472. The van der Waals surface area contributed by atoms with Crippen LogP contribution in [0.25, 0.3) is 0 Å². The fraction of sp³-hybridized carbons (Fsp3) is 0.333. The van der Waals surface area contributed by atoms with Crippen LogP contribution in [-0.4, -0.2) is 21.3 Å². The van der Waals surface area contributed by atoms with Gasteiger partial charge in [0.2, 0.25) is 0 Å². The van der Waals surface area contributed by atoms with E-state index in [0.29, 0.717) is 12.4 Å². The van der Waals surface area contributed by atoms with E-state index in [0.717, 1.165) is 5.56 Å². The van der Waals surface area contributed by atoms with Crippen LogP contribution in [0.4, 0.5) is 0 Å². The fourth-order valence-electron chi connectivity index (χ4n) is 1.45. The van der Waals surface area contributed by atoms with E-state index in [1.807, 2.05) is 0 Å². The van der Waals surface area contributed by atoms with Crippen LogP contribution in [0, 0.1) is 0 Å². The third kappa shape index (κ3) is 2.25. The number of hydrogen-bond donors (Lipinski definition) is 1. The molecular weight excluding hydrogens is 238 g/mol. The number of rotatable bonds is 1. The van der Waals surface area contributed by atoms with Crippen molar-refractivity contribution in [2.45, 2.75) is 10.9 Å². The first-order chi connectivity index (χ1) is 6.48. The third-order valence-corrected chi connectivity index (χ3v) is 3.34. The highest BCUT2D eigenvalue weighted by atomic mass is 35.5. The van der Waals surface area contributed by atoms with Crippen molar-refractivity contribution >= 4 is 22.2 Å². The van der Waals surface area contributed by atoms with Crippen molar-refractivity contribution in [3.05, 3.63) is 23.8 Å². The summed E-state index contributed by atoms with van der Waals surface area (Å²) in [5, 5.41) is 0. The second kappa shape index (κ2) is 4.00. The summed E-state index contributed by atoms with van der Waals surface area (Å²) < 4.78 is 27.7. The quantitative estimate of drug-likeness (QED) is 0.803. The number of fused-ring (bicyclic) bond motifs is 1. The van der Waals surface area contributed by atoms with E-state index in [4.69, 9.17) is 10.5 Å². The van der Waals surface area contributed by atoms with Gasteiger partial charge in [0.1, 0.15) is 12.4 Å². The topological polar surface area (TPSA) is 69.4 Å². The molecule has 0 radical (unpaired) electrons. The summed E-state index contributed by atoms with van der Waals surface area (Å²) in [5.41, 5.74) is 6.60. The van der Waals surface area contributed by atoms with Gasteiger partial charge >= 0.3 is 0 Å². The molecule has 1 aromatic carbocycles. The largest absolute Gasteiger partial charge is 0.491 e. The zero-order valence-corrected chi connectivity index (χ0v) is 9.77. The molecule has 6 heteroatoms. The molecule has 0 amide bonds. The molecular formula is C9H12ClNO3S. The van der Waals surface area contributed by atoms with Crippen molar-refractivity contribution in [1.29, 1.82) is 0 Å². The number of halogens is 1. The monoisotopic (exact) mass is 249 g/mol. The Morgan fingerprint density at radius 2 is 2.13 bits per heavy atom. The second-order valence-electron chi connectivity index (χ2n) is 3.39. The fourth-order valence-corrected chi connectivity index (χ4v) is 2.08. The van der Waals surface area contributed by atoms with Gasteiger partial charge in [0.05, 0.1) is 10.9 Å². The van der Waals surface area contributed by atoms with E-state index in [-0.39, 0.29) is 23.3 Å². The highest BCUT2D eigenvalue weighted by Gasteiger charge is 2.22. The average molecular weight is 250 g/mol. The average Bonchev–Trinajstić information content (AvgIpc) is 2.46. The van der Waals surface area contributed by atoms with Crippen LogP contribution in [0.5, 0.6) is 5.75 Å². The van der Waals surface area contributed by atoms with E-state index in [2.05, 4.69) is 0 Å². The molecule has 1 aromatic rings. The summed E-state index contributed by atoms with van der Waals surface area (Å²) in [4.78, 5) is 0.269. The maximum atomic E-state index is 11.2. The van der Waals surface area contributed by atoms with Gasteiger partial charge in [-0.2, -0.15) is 0 Å². The molecule has 84 valence electrons. The number of ether oxygens (including phenoxy) is 1. The maximum Gasteiger partial charge on any atom is 0.175 e. The van der Waals surface area contributed by atoms with Gasteiger partial charge < -0.3 is 10.5 Å². The first kappa shape index (κ1) is 12.3. The molecule has 2 rings (SSSR count). The van der Waals surface area contributed by atoms with Gasteiger partial charge in [-0.25, -0.2) is 8.42 Å². The predicted molar refractivity (Wildman–Crippen MR) is 59.2 cm³/mol. The summed E-state index contributed by atoms with van der Waals surface area (Å²) in [7, 11) is -3.16. The van der Waals surface area contributed by atoms with Crippen molar-refractivity contribution in [1.82, 2.24) is 0 Å². The first-order valence-corrected chi connectivity index (χ1v) is 6.10. The molecule has 1 atom stereocenters.